The van der Waals surface area contributed by atoms with Gasteiger partial charge < -0.3 is 0 Å². The van der Waals surface area contributed by atoms with Crippen LogP contribution in [0.4, 0.5) is 0 Å². The van der Waals surface area contributed by atoms with E-state index in [1.165, 1.54) is 16.4 Å². The molecule has 1 N–H and O–H groups in total. The first-order valence-electron chi connectivity index (χ1n) is 9.28. The first kappa shape index (κ1) is 17.7. The van der Waals surface area contributed by atoms with Crippen LogP contribution in [0, 0.1) is 9.49 Å². The number of piperidine rings is 1. The molecule has 3 aliphatic rings. The molecule has 25 heavy (non-hydrogen) atoms. The van der Waals surface area contributed by atoms with Crippen molar-refractivity contribution in [2.45, 2.75) is 47.5 Å². The normalized spacial score (nSPS) is 33.3. The number of hydrogen-bond acceptors (Lipinski definition) is 4. The molecule has 2 atom stereocenters. The molecule has 5 heteroatoms. The molecule has 3 fully saturated rings. The van der Waals surface area contributed by atoms with Gasteiger partial charge in [-0.3, -0.25) is 0 Å². The number of hydrogen-bond donors (Lipinski definition) is 1. The number of aliphatic hydroxyl groups is 1. The number of rotatable bonds is 5. The Morgan fingerprint density at radius 1 is 1.36 bits per heavy atom. The van der Waals surface area contributed by atoms with Gasteiger partial charge >= 0.3 is 160 Å². The number of benzene rings is 1. The van der Waals surface area contributed by atoms with Crippen molar-refractivity contribution in [3.63, 3.8) is 0 Å². The van der Waals surface area contributed by atoms with Crippen molar-refractivity contribution >= 4 is 5.78 Å². The number of ether oxygens (including phenoxy) is 1. The van der Waals surface area contributed by atoms with Crippen LogP contribution in [-0.2, 0) is 4.79 Å². The van der Waals surface area contributed by atoms with Gasteiger partial charge in [0.25, 0.3) is 0 Å². The van der Waals surface area contributed by atoms with Crippen molar-refractivity contribution in [1.82, 2.24) is 4.90 Å². The van der Waals surface area contributed by atoms with Crippen LogP contribution in [0.25, 0.3) is 0 Å². The number of likely N-dealkylation sites (tertiary alicyclic amines) is 1. The van der Waals surface area contributed by atoms with E-state index in [-0.39, 0.29) is 3.42 Å². The van der Waals surface area contributed by atoms with E-state index < -0.39 is 26.8 Å². The standard InChI is InChI=1S/C20H27INO3/c1-25-18-4-2-3-16(11-18)21-19-9-10-22(13-15-5-6-15)14-20(19,24)8-7-17(23)12-19/h2-4,11,15,24H,5-10,12-14H2,1H3/q-1/t19?,20-/m1/s1. The van der Waals surface area contributed by atoms with Crippen LogP contribution < -0.4 is 25.9 Å². The van der Waals surface area contributed by atoms with E-state index in [2.05, 4.69) is 17.0 Å². The Kier molecular flexibility index (Phi) is 4.84. The number of halogens is 1. The van der Waals surface area contributed by atoms with Crippen molar-refractivity contribution in [3.05, 3.63) is 27.8 Å². The summed E-state index contributed by atoms with van der Waals surface area (Å²) < 4.78 is 6.42. The Morgan fingerprint density at radius 2 is 2.20 bits per heavy atom. The van der Waals surface area contributed by atoms with Gasteiger partial charge in [-0.15, -0.1) is 0 Å². The molecule has 0 radical (unpaired) electrons. The third kappa shape index (κ3) is 3.60. The SMILES string of the molecule is COc1cccc([I-]C23CCN(CC4CC4)C[C@]2(O)CCC(=O)C3)c1. The Labute approximate surface area is 160 Å². The predicted octanol–water partition coefficient (Wildman–Crippen LogP) is -0.708. The number of Topliss-reactive ketones (excluding diaryl/α,β-unsaturated/α-hetero) is 1. The van der Waals surface area contributed by atoms with Crippen LogP contribution in [-0.4, -0.2) is 51.6 Å². The fourth-order valence-corrected chi connectivity index (χ4v) is 8.42. The Hall–Kier alpha value is -0.660. The van der Waals surface area contributed by atoms with Crippen LogP contribution in [0.15, 0.2) is 24.3 Å². The van der Waals surface area contributed by atoms with E-state index in [9.17, 15) is 9.90 Å². The summed E-state index contributed by atoms with van der Waals surface area (Å²) in [6, 6.07) is 8.22. The molecule has 1 saturated heterocycles. The number of carbonyl (C=O) groups excluding carboxylic acids is 1. The van der Waals surface area contributed by atoms with Crippen molar-refractivity contribution in [2.24, 2.45) is 5.92 Å². The Bertz CT molecular complexity index is 662. The zero-order valence-corrected chi connectivity index (χ0v) is 17.0. The van der Waals surface area contributed by atoms with Crippen LogP contribution in [0.5, 0.6) is 5.75 Å². The summed E-state index contributed by atoms with van der Waals surface area (Å²) in [4.78, 5) is 14.8. The maximum atomic E-state index is 12.3. The van der Waals surface area contributed by atoms with E-state index in [0.717, 1.165) is 37.7 Å². The second-order valence-electron chi connectivity index (χ2n) is 7.90. The summed E-state index contributed by atoms with van der Waals surface area (Å²) in [5.74, 6) is 2.04. The molecule has 0 amide bonds. The van der Waals surface area contributed by atoms with Crippen LogP contribution in [0.2, 0.25) is 0 Å². The van der Waals surface area contributed by atoms with E-state index in [4.69, 9.17) is 4.74 Å². The zero-order chi connectivity index (χ0) is 17.5. The molecule has 0 spiro atoms. The van der Waals surface area contributed by atoms with Crippen molar-refractivity contribution in [1.29, 1.82) is 0 Å². The van der Waals surface area contributed by atoms with Crippen molar-refractivity contribution < 1.29 is 35.8 Å². The molecule has 0 bridgehead atoms. The monoisotopic (exact) mass is 456 g/mol. The average Bonchev–Trinajstić information content (AvgIpc) is 3.40. The second kappa shape index (κ2) is 6.82. The minimum atomic E-state index is -0.704. The van der Waals surface area contributed by atoms with Gasteiger partial charge in [-0.1, -0.05) is 0 Å². The number of β-amino-alcohol motifs (C(OH)–C–C–N with tert-alkyl or cyclic N) is 1. The van der Waals surface area contributed by atoms with E-state index in [1.54, 1.807) is 7.11 Å². The number of ketones is 1. The van der Waals surface area contributed by atoms with E-state index >= 15 is 0 Å². The molecule has 1 aromatic carbocycles. The summed E-state index contributed by atoms with van der Waals surface area (Å²) in [7, 11) is 1.69. The summed E-state index contributed by atoms with van der Waals surface area (Å²) in [6.45, 7) is 2.90. The topological polar surface area (TPSA) is 49.8 Å². The molecule has 1 aromatic rings. The molecule has 1 aliphatic heterocycles. The number of nitrogens with zero attached hydrogens (tertiary/aromatic N) is 1. The Morgan fingerprint density at radius 3 is 2.96 bits per heavy atom. The van der Waals surface area contributed by atoms with Gasteiger partial charge in [-0.2, -0.15) is 0 Å². The zero-order valence-electron chi connectivity index (χ0n) is 14.8. The van der Waals surface area contributed by atoms with Crippen molar-refractivity contribution in [2.75, 3.05) is 26.7 Å². The summed E-state index contributed by atoms with van der Waals surface area (Å²) in [6.07, 6.45) is 5.37. The first-order chi connectivity index (χ1) is 12.0. The van der Waals surface area contributed by atoms with Gasteiger partial charge in [0.05, 0.1) is 0 Å². The quantitative estimate of drug-likeness (QED) is 0.470. The van der Waals surface area contributed by atoms with E-state index in [1.807, 2.05) is 12.1 Å². The third-order valence-corrected chi connectivity index (χ3v) is 10.2. The second-order valence-corrected chi connectivity index (χ2v) is 11.7. The van der Waals surface area contributed by atoms with Crippen LogP contribution in [0.1, 0.15) is 38.5 Å². The molecule has 1 heterocycles. The summed E-state index contributed by atoms with van der Waals surface area (Å²) >= 11 is -0.478. The molecular formula is C20H27INO3-. The van der Waals surface area contributed by atoms with Gasteiger partial charge in [0.15, 0.2) is 0 Å². The summed E-state index contributed by atoms with van der Waals surface area (Å²) in [5.41, 5.74) is -0.704. The van der Waals surface area contributed by atoms with Gasteiger partial charge in [0.2, 0.25) is 0 Å². The molecule has 0 aromatic heterocycles. The molecule has 2 aliphatic carbocycles. The number of alkyl halides is 1. The Balaban J connectivity index is 1.59. The summed E-state index contributed by atoms with van der Waals surface area (Å²) in [5, 5.41) is 11.7. The van der Waals surface area contributed by atoms with Gasteiger partial charge in [0.1, 0.15) is 0 Å². The van der Waals surface area contributed by atoms with Crippen LogP contribution in [0.3, 0.4) is 0 Å². The van der Waals surface area contributed by atoms with Gasteiger partial charge in [-0.25, -0.2) is 0 Å². The van der Waals surface area contributed by atoms with E-state index in [0.29, 0.717) is 25.0 Å². The molecular weight excluding hydrogens is 429 g/mol. The third-order valence-electron chi connectivity index (χ3n) is 5.97. The minimum absolute atomic E-state index is 0.215. The fourth-order valence-electron chi connectivity index (χ4n) is 4.31. The first-order valence-corrected chi connectivity index (χ1v) is 11.4. The fraction of sp³-hybridized carbons (Fsp3) is 0.650. The van der Waals surface area contributed by atoms with Gasteiger partial charge in [-0.05, 0) is 0 Å². The van der Waals surface area contributed by atoms with Crippen LogP contribution >= 0.6 is 0 Å². The molecule has 1 unspecified atom stereocenters. The number of methoxy groups -OCH3 is 1. The molecule has 4 rings (SSSR count). The van der Waals surface area contributed by atoms with Gasteiger partial charge in [0, 0.05) is 0 Å². The van der Waals surface area contributed by atoms with Crippen molar-refractivity contribution in [3.8, 4) is 5.75 Å². The average molecular weight is 456 g/mol. The number of carbonyl (C=O) groups is 1. The maximum absolute atomic E-state index is 12.3. The molecule has 138 valence electrons. The molecule has 4 nitrogen and oxygen atoms in total. The number of fused-ring (bicyclic) bond motifs is 1. The predicted molar refractivity (Wildman–Crippen MR) is 92.0 cm³/mol. The molecule has 2 saturated carbocycles.